The molecular formula is C28H28N2O4. The van der Waals surface area contributed by atoms with Crippen LogP contribution in [0.25, 0.3) is 32.9 Å². The number of aliphatic carboxylic acids is 1. The van der Waals surface area contributed by atoms with Crippen LogP contribution in [0.15, 0.2) is 42.6 Å². The SMILES string of the molecule is Cc1ccc2nc(C)c([C@H](OC(C)(C)C)C(=O)O)c(-c3ccc4c5c(ccnc35)CCO4)c2c1. The summed E-state index contributed by atoms with van der Waals surface area (Å²) in [6.07, 6.45) is 1.44. The van der Waals surface area contributed by atoms with E-state index >= 15 is 0 Å². The predicted octanol–water partition coefficient (Wildman–Crippen LogP) is 5.94. The third-order valence-electron chi connectivity index (χ3n) is 6.17. The van der Waals surface area contributed by atoms with E-state index in [0.717, 1.165) is 50.7 Å². The van der Waals surface area contributed by atoms with Gasteiger partial charge in [0.25, 0.3) is 0 Å². The minimum absolute atomic E-state index is 0.555. The van der Waals surface area contributed by atoms with E-state index in [1.54, 1.807) is 0 Å². The van der Waals surface area contributed by atoms with Crippen molar-refractivity contribution in [3.63, 3.8) is 0 Å². The van der Waals surface area contributed by atoms with Crippen molar-refractivity contribution in [3.8, 4) is 16.9 Å². The molecule has 4 aromatic rings. The van der Waals surface area contributed by atoms with E-state index in [2.05, 4.69) is 6.07 Å². The van der Waals surface area contributed by atoms with Gasteiger partial charge in [0.15, 0.2) is 6.10 Å². The lowest BCUT2D eigenvalue weighted by atomic mass is 9.88. The van der Waals surface area contributed by atoms with Gasteiger partial charge in [0, 0.05) is 45.8 Å². The average Bonchev–Trinajstić information content (AvgIpc) is 2.77. The van der Waals surface area contributed by atoms with E-state index in [4.69, 9.17) is 19.4 Å². The minimum Gasteiger partial charge on any atom is -0.493 e. The first-order valence-corrected chi connectivity index (χ1v) is 11.5. The van der Waals surface area contributed by atoms with E-state index in [1.807, 2.05) is 71.1 Å². The number of hydrogen-bond acceptors (Lipinski definition) is 5. The molecule has 0 unspecified atom stereocenters. The Balaban J connectivity index is 1.92. The van der Waals surface area contributed by atoms with Gasteiger partial charge in [-0.25, -0.2) is 4.79 Å². The zero-order valence-electron chi connectivity index (χ0n) is 20.1. The molecule has 0 fully saturated rings. The summed E-state index contributed by atoms with van der Waals surface area (Å²) in [5.41, 5.74) is 6.01. The maximum atomic E-state index is 12.6. The molecule has 0 spiro atoms. The van der Waals surface area contributed by atoms with Crippen molar-refractivity contribution in [1.29, 1.82) is 0 Å². The van der Waals surface area contributed by atoms with Gasteiger partial charge >= 0.3 is 5.97 Å². The van der Waals surface area contributed by atoms with Crippen LogP contribution < -0.4 is 4.74 Å². The smallest absolute Gasteiger partial charge is 0.337 e. The lowest BCUT2D eigenvalue weighted by molar-refractivity contribution is -0.160. The third-order valence-corrected chi connectivity index (χ3v) is 6.17. The van der Waals surface area contributed by atoms with Crippen molar-refractivity contribution < 1.29 is 19.4 Å². The van der Waals surface area contributed by atoms with E-state index in [1.165, 1.54) is 5.56 Å². The Kier molecular flexibility index (Phi) is 5.29. The van der Waals surface area contributed by atoms with Gasteiger partial charge in [0.1, 0.15) is 5.75 Å². The van der Waals surface area contributed by atoms with E-state index in [9.17, 15) is 9.90 Å². The molecule has 0 amide bonds. The minimum atomic E-state index is -1.19. The van der Waals surface area contributed by atoms with Crippen molar-refractivity contribution in [2.45, 2.75) is 52.7 Å². The zero-order valence-corrected chi connectivity index (χ0v) is 20.1. The fraction of sp³-hybridized carbons (Fsp3) is 0.321. The molecule has 0 saturated carbocycles. The van der Waals surface area contributed by atoms with Crippen LogP contribution in [0, 0.1) is 13.8 Å². The Morgan fingerprint density at radius 3 is 2.68 bits per heavy atom. The van der Waals surface area contributed by atoms with Crippen LogP contribution in [0.5, 0.6) is 5.75 Å². The van der Waals surface area contributed by atoms with E-state index < -0.39 is 17.7 Å². The molecule has 0 saturated heterocycles. The maximum absolute atomic E-state index is 12.6. The molecule has 3 heterocycles. The first kappa shape index (κ1) is 22.3. The van der Waals surface area contributed by atoms with Crippen LogP contribution in [-0.2, 0) is 16.0 Å². The molecule has 1 atom stereocenters. The number of pyridine rings is 2. The normalized spacial score (nSPS) is 14.3. The monoisotopic (exact) mass is 456 g/mol. The number of carbonyl (C=O) groups is 1. The summed E-state index contributed by atoms with van der Waals surface area (Å²) in [6, 6.07) is 12.0. The lowest BCUT2D eigenvalue weighted by Crippen LogP contribution is -2.28. The summed E-state index contributed by atoms with van der Waals surface area (Å²) < 4.78 is 12.0. The molecule has 0 radical (unpaired) electrons. The summed E-state index contributed by atoms with van der Waals surface area (Å²) in [7, 11) is 0. The molecule has 2 aromatic carbocycles. The van der Waals surface area contributed by atoms with Gasteiger partial charge in [-0.1, -0.05) is 11.6 Å². The lowest BCUT2D eigenvalue weighted by Gasteiger charge is -2.28. The Morgan fingerprint density at radius 2 is 1.94 bits per heavy atom. The highest BCUT2D eigenvalue weighted by atomic mass is 16.5. The molecule has 1 aliphatic rings. The standard InChI is InChI=1S/C28H28N2O4/c1-15-6-8-20-19(14-15)24(22(16(2)30-20)26(27(31)32)34-28(3,4)5)18-7-9-21-23-17(11-13-33-21)10-12-29-25(18)23/h6-10,12,14,26H,11,13H2,1-5H3,(H,31,32)/t26-/m0/s1. The fourth-order valence-corrected chi connectivity index (χ4v) is 4.82. The Morgan fingerprint density at radius 1 is 1.15 bits per heavy atom. The largest absolute Gasteiger partial charge is 0.493 e. The van der Waals surface area contributed by atoms with Crippen LogP contribution in [-0.4, -0.2) is 33.3 Å². The van der Waals surface area contributed by atoms with Gasteiger partial charge in [-0.2, -0.15) is 0 Å². The van der Waals surface area contributed by atoms with Crippen LogP contribution in [0.4, 0.5) is 0 Å². The van der Waals surface area contributed by atoms with E-state index in [0.29, 0.717) is 17.9 Å². The van der Waals surface area contributed by atoms with Crippen LogP contribution in [0.3, 0.4) is 0 Å². The summed E-state index contributed by atoms with van der Waals surface area (Å²) in [4.78, 5) is 22.1. The molecule has 1 N–H and O–H groups in total. The van der Waals surface area contributed by atoms with Crippen molar-refractivity contribution in [2.75, 3.05) is 6.61 Å². The number of aromatic nitrogens is 2. The Bertz CT molecular complexity index is 1440. The summed E-state index contributed by atoms with van der Waals surface area (Å²) >= 11 is 0. The first-order valence-electron chi connectivity index (χ1n) is 11.5. The molecule has 174 valence electrons. The van der Waals surface area contributed by atoms with Crippen LogP contribution >= 0.6 is 0 Å². The second-order valence-corrected chi connectivity index (χ2v) is 9.86. The molecule has 0 bridgehead atoms. The van der Waals surface area contributed by atoms with Crippen molar-refractivity contribution in [2.24, 2.45) is 0 Å². The zero-order chi connectivity index (χ0) is 24.2. The van der Waals surface area contributed by atoms with Crippen molar-refractivity contribution >= 4 is 27.8 Å². The maximum Gasteiger partial charge on any atom is 0.337 e. The number of hydrogen-bond donors (Lipinski definition) is 1. The van der Waals surface area contributed by atoms with Gasteiger partial charge in [-0.15, -0.1) is 0 Å². The van der Waals surface area contributed by atoms with Gasteiger partial charge in [-0.05, 0) is 70.5 Å². The third kappa shape index (κ3) is 3.78. The number of nitrogens with zero attached hydrogens (tertiary/aromatic N) is 2. The number of ether oxygens (including phenoxy) is 2. The summed E-state index contributed by atoms with van der Waals surface area (Å²) in [6.45, 7) is 10.1. The Labute approximate surface area is 198 Å². The second-order valence-electron chi connectivity index (χ2n) is 9.86. The average molecular weight is 457 g/mol. The highest BCUT2D eigenvalue weighted by Crippen LogP contribution is 2.44. The second kappa shape index (κ2) is 8.06. The van der Waals surface area contributed by atoms with Crippen molar-refractivity contribution in [1.82, 2.24) is 9.97 Å². The molecule has 34 heavy (non-hydrogen) atoms. The Hall–Kier alpha value is -3.51. The van der Waals surface area contributed by atoms with Crippen LogP contribution in [0.2, 0.25) is 0 Å². The topological polar surface area (TPSA) is 81.5 Å². The molecular weight excluding hydrogens is 428 g/mol. The van der Waals surface area contributed by atoms with E-state index in [-0.39, 0.29) is 0 Å². The van der Waals surface area contributed by atoms with Gasteiger partial charge in [0.2, 0.25) is 0 Å². The van der Waals surface area contributed by atoms with Gasteiger partial charge in [0.05, 0.1) is 23.2 Å². The summed E-state index contributed by atoms with van der Waals surface area (Å²) in [5.74, 6) is -0.242. The molecule has 0 aliphatic carbocycles. The number of fused-ring (bicyclic) bond motifs is 1. The van der Waals surface area contributed by atoms with Crippen LogP contribution in [0.1, 0.15) is 49.3 Å². The van der Waals surface area contributed by atoms with Gasteiger partial charge < -0.3 is 14.6 Å². The van der Waals surface area contributed by atoms with Gasteiger partial charge in [-0.3, -0.25) is 9.97 Å². The molecule has 6 nitrogen and oxygen atoms in total. The highest BCUT2D eigenvalue weighted by molar-refractivity contribution is 6.07. The highest BCUT2D eigenvalue weighted by Gasteiger charge is 2.33. The number of benzene rings is 2. The first-order chi connectivity index (χ1) is 16.1. The quantitative estimate of drug-likeness (QED) is 0.409. The molecule has 6 heteroatoms. The molecule has 1 aliphatic heterocycles. The predicted molar refractivity (Wildman–Crippen MR) is 132 cm³/mol. The molecule has 2 aromatic heterocycles. The van der Waals surface area contributed by atoms with Crippen molar-refractivity contribution in [3.05, 3.63) is 65.0 Å². The number of carboxylic acids is 1. The molecule has 5 rings (SSSR count). The summed E-state index contributed by atoms with van der Waals surface area (Å²) in [5, 5.41) is 12.1. The fourth-order valence-electron chi connectivity index (χ4n) is 4.82. The number of carboxylic acid groups (broad SMARTS) is 1. The number of aryl methyl sites for hydroxylation is 2. The number of rotatable bonds is 4.